The summed E-state index contributed by atoms with van der Waals surface area (Å²) in [7, 11) is 1.48. The number of hydrogen-bond acceptors (Lipinski definition) is 4. The first-order valence-electron chi connectivity index (χ1n) is 8.21. The van der Waals surface area contributed by atoms with Crippen LogP contribution in [0.5, 0.6) is 0 Å². The highest BCUT2D eigenvalue weighted by Crippen LogP contribution is 2.37. The van der Waals surface area contributed by atoms with Crippen LogP contribution in [0.15, 0.2) is 48.7 Å². The van der Waals surface area contributed by atoms with E-state index in [0.29, 0.717) is 16.8 Å². The molecule has 8 heteroatoms. The molecule has 1 aliphatic heterocycles. The van der Waals surface area contributed by atoms with Gasteiger partial charge in [-0.25, -0.2) is 0 Å². The maximum Gasteiger partial charge on any atom is 0.418 e. The molecule has 0 bridgehead atoms. The molecule has 3 rings (SSSR count). The molecular weight excluding hydrogens is 359 g/mol. The molecule has 5 nitrogen and oxygen atoms in total. The number of carbonyl (C=O) groups is 1. The summed E-state index contributed by atoms with van der Waals surface area (Å²) in [6.45, 7) is 0.547. The molecule has 0 aromatic heterocycles. The number of hydrogen-bond donors (Lipinski definition) is 3. The lowest BCUT2D eigenvalue weighted by molar-refractivity contribution is -0.136. The number of carbonyl (C=O) groups excluding carboxylic acids is 1. The average Bonchev–Trinajstić information content (AvgIpc) is 2.95. The average molecular weight is 377 g/mol. The minimum atomic E-state index is -4.52. The number of halogens is 3. The zero-order chi connectivity index (χ0) is 19.4. The molecule has 2 aromatic rings. The van der Waals surface area contributed by atoms with Crippen molar-refractivity contribution in [1.29, 1.82) is 0 Å². The second-order valence-electron chi connectivity index (χ2n) is 5.88. The minimum absolute atomic E-state index is 0.0262. The Hall–Kier alpha value is -3.00. The van der Waals surface area contributed by atoms with Gasteiger partial charge < -0.3 is 20.7 Å². The van der Waals surface area contributed by atoms with Crippen molar-refractivity contribution in [2.45, 2.75) is 6.18 Å². The van der Waals surface area contributed by atoms with Gasteiger partial charge in [-0.15, -0.1) is 0 Å². The fourth-order valence-corrected chi connectivity index (χ4v) is 2.75. The molecule has 1 aliphatic rings. The van der Waals surface area contributed by atoms with Crippen molar-refractivity contribution in [2.24, 2.45) is 0 Å². The first-order valence-corrected chi connectivity index (χ1v) is 8.21. The number of rotatable bonds is 6. The summed E-state index contributed by atoms with van der Waals surface area (Å²) in [5.41, 5.74) is 1.14. The summed E-state index contributed by atoms with van der Waals surface area (Å²) in [6.07, 6.45) is -3.10. The van der Waals surface area contributed by atoms with E-state index in [2.05, 4.69) is 16.0 Å². The highest BCUT2D eigenvalue weighted by Gasteiger charge is 2.34. The van der Waals surface area contributed by atoms with E-state index in [1.807, 2.05) is 0 Å². The molecular formula is C19H18F3N3O2. The van der Waals surface area contributed by atoms with Gasteiger partial charge >= 0.3 is 6.18 Å². The van der Waals surface area contributed by atoms with E-state index in [4.69, 9.17) is 4.74 Å². The number of fused-ring (bicyclic) bond motifs is 1. The number of ether oxygens (including phenoxy) is 1. The zero-order valence-electron chi connectivity index (χ0n) is 14.5. The van der Waals surface area contributed by atoms with Crippen molar-refractivity contribution >= 4 is 28.5 Å². The second-order valence-corrected chi connectivity index (χ2v) is 5.88. The van der Waals surface area contributed by atoms with Crippen LogP contribution in [-0.4, -0.2) is 26.2 Å². The Balaban J connectivity index is 1.84. The standard InChI is InChI=1S/C19H18F3N3O2/c1-27-9-8-23-17-7-6-12(10-15(17)19(20,21)22)24-11-14-13-4-2-3-5-16(13)25-18(14)26/h2-7,10-11,23-24H,8-9H2,1H3,(H,25,26)/b14-11+. The van der Waals surface area contributed by atoms with E-state index >= 15 is 0 Å². The summed E-state index contributed by atoms with van der Waals surface area (Å²) in [4.78, 5) is 12.1. The van der Waals surface area contributed by atoms with Gasteiger partial charge in [0.25, 0.3) is 5.91 Å². The Labute approximate surface area is 154 Å². The van der Waals surface area contributed by atoms with Crippen LogP contribution in [0.3, 0.4) is 0 Å². The van der Waals surface area contributed by atoms with E-state index in [0.717, 1.165) is 6.07 Å². The van der Waals surface area contributed by atoms with Crippen molar-refractivity contribution in [3.8, 4) is 0 Å². The smallest absolute Gasteiger partial charge is 0.383 e. The van der Waals surface area contributed by atoms with Gasteiger partial charge in [0.05, 0.1) is 17.7 Å². The summed E-state index contributed by atoms with van der Waals surface area (Å²) in [5.74, 6) is -0.308. The third-order valence-electron chi connectivity index (χ3n) is 4.04. The molecule has 2 aromatic carbocycles. The largest absolute Gasteiger partial charge is 0.418 e. The van der Waals surface area contributed by atoms with Crippen LogP contribution >= 0.6 is 0 Å². The predicted molar refractivity (Wildman–Crippen MR) is 98.5 cm³/mol. The van der Waals surface area contributed by atoms with E-state index < -0.39 is 11.7 Å². The van der Waals surface area contributed by atoms with E-state index in [9.17, 15) is 18.0 Å². The van der Waals surface area contributed by atoms with Crippen molar-refractivity contribution in [3.05, 3.63) is 59.8 Å². The monoisotopic (exact) mass is 377 g/mol. The maximum absolute atomic E-state index is 13.4. The number of para-hydroxylation sites is 1. The van der Waals surface area contributed by atoms with Crippen molar-refractivity contribution in [2.75, 3.05) is 36.2 Å². The molecule has 1 amide bonds. The molecule has 0 radical (unpaired) electrons. The van der Waals surface area contributed by atoms with Crippen LogP contribution in [0.1, 0.15) is 11.1 Å². The van der Waals surface area contributed by atoms with Gasteiger partial charge in [0, 0.05) is 42.5 Å². The quantitative estimate of drug-likeness (QED) is 0.522. The van der Waals surface area contributed by atoms with E-state index in [1.165, 1.54) is 25.4 Å². The van der Waals surface area contributed by atoms with Gasteiger partial charge in [-0.3, -0.25) is 4.79 Å². The number of nitrogens with one attached hydrogen (secondary N) is 3. The van der Waals surface area contributed by atoms with Crippen molar-refractivity contribution in [3.63, 3.8) is 0 Å². The fraction of sp³-hybridized carbons (Fsp3) is 0.211. The van der Waals surface area contributed by atoms with Gasteiger partial charge in [-0.1, -0.05) is 18.2 Å². The molecule has 0 unspecified atom stereocenters. The lowest BCUT2D eigenvalue weighted by Gasteiger charge is -2.16. The predicted octanol–water partition coefficient (Wildman–Crippen LogP) is 4.17. The minimum Gasteiger partial charge on any atom is -0.383 e. The Morgan fingerprint density at radius 2 is 1.96 bits per heavy atom. The first kappa shape index (κ1) is 18.8. The number of amides is 1. The molecule has 0 atom stereocenters. The van der Waals surface area contributed by atoms with Crippen LogP contribution in [0, 0.1) is 0 Å². The molecule has 1 heterocycles. The van der Waals surface area contributed by atoms with Crippen LogP contribution in [0.4, 0.5) is 30.2 Å². The van der Waals surface area contributed by atoms with Crippen LogP contribution in [-0.2, 0) is 15.7 Å². The highest BCUT2D eigenvalue weighted by atomic mass is 19.4. The highest BCUT2D eigenvalue weighted by molar-refractivity contribution is 6.31. The molecule has 0 spiro atoms. The molecule has 27 heavy (non-hydrogen) atoms. The van der Waals surface area contributed by atoms with Crippen molar-refractivity contribution < 1.29 is 22.7 Å². The van der Waals surface area contributed by atoms with E-state index in [-0.39, 0.29) is 30.4 Å². The lowest BCUT2D eigenvalue weighted by Crippen LogP contribution is -2.14. The molecule has 0 aliphatic carbocycles. The van der Waals surface area contributed by atoms with Crippen molar-refractivity contribution in [1.82, 2.24) is 0 Å². The molecule has 142 valence electrons. The molecule has 0 saturated carbocycles. The maximum atomic E-state index is 13.4. The lowest BCUT2D eigenvalue weighted by atomic mass is 10.1. The number of alkyl halides is 3. The summed E-state index contributed by atoms with van der Waals surface area (Å²) in [6, 6.07) is 11.0. The molecule has 0 saturated heterocycles. The van der Waals surface area contributed by atoms with Crippen LogP contribution in [0.25, 0.3) is 5.57 Å². The van der Waals surface area contributed by atoms with E-state index in [1.54, 1.807) is 24.3 Å². The summed E-state index contributed by atoms with van der Waals surface area (Å²) < 4.78 is 44.9. The van der Waals surface area contributed by atoms with Crippen LogP contribution < -0.4 is 16.0 Å². The topological polar surface area (TPSA) is 62.4 Å². The normalized spacial score (nSPS) is 14.8. The fourth-order valence-electron chi connectivity index (χ4n) is 2.75. The Bertz CT molecular complexity index is 879. The molecule has 3 N–H and O–H groups in total. The number of anilines is 3. The number of benzene rings is 2. The van der Waals surface area contributed by atoms with Gasteiger partial charge in [0.1, 0.15) is 0 Å². The van der Waals surface area contributed by atoms with Gasteiger partial charge in [0.2, 0.25) is 0 Å². The Morgan fingerprint density at radius 3 is 2.70 bits per heavy atom. The third kappa shape index (κ3) is 4.22. The number of methoxy groups -OCH3 is 1. The Kier molecular flexibility index (Phi) is 5.36. The van der Waals surface area contributed by atoms with Gasteiger partial charge in [-0.2, -0.15) is 13.2 Å². The summed E-state index contributed by atoms with van der Waals surface area (Å²) >= 11 is 0. The first-order chi connectivity index (χ1) is 12.9. The summed E-state index contributed by atoms with van der Waals surface area (Å²) in [5, 5.41) is 8.21. The molecule has 0 fully saturated rings. The van der Waals surface area contributed by atoms with Crippen LogP contribution in [0.2, 0.25) is 0 Å². The second kappa shape index (κ2) is 7.71. The SMILES string of the molecule is COCCNc1ccc(N/C=C2/C(=O)Nc3ccccc32)cc1C(F)(F)F. The Morgan fingerprint density at radius 1 is 1.19 bits per heavy atom. The third-order valence-corrected chi connectivity index (χ3v) is 4.04. The van der Waals surface area contributed by atoms with Gasteiger partial charge in [-0.05, 0) is 24.3 Å². The van der Waals surface area contributed by atoms with Gasteiger partial charge in [0.15, 0.2) is 0 Å². The zero-order valence-corrected chi connectivity index (χ0v) is 14.5.